The Labute approximate surface area is 103 Å². The lowest BCUT2D eigenvalue weighted by Crippen LogP contribution is -1.85. The van der Waals surface area contributed by atoms with Gasteiger partial charge in [0.2, 0.25) is 0 Å². The molecular weight excluding hydrogens is 234 g/mol. The van der Waals surface area contributed by atoms with E-state index in [4.69, 9.17) is 16.5 Å². The number of para-hydroxylation sites is 1. The van der Waals surface area contributed by atoms with Crippen LogP contribution in [0.3, 0.4) is 0 Å². The molecule has 0 saturated heterocycles. The summed E-state index contributed by atoms with van der Waals surface area (Å²) in [5, 5.41) is 22.0. The quantitative estimate of drug-likeness (QED) is 0.466. The van der Waals surface area contributed by atoms with Crippen molar-refractivity contribution in [3.05, 3.63) is 64.8 Å². The average molecular weight is 245 g/mol. The van der Waals surface area contributed by atoms with Crippen LogP contribution in [0.25, 0.3) is 0 Å². The van der Waals surface area contributed by atoms with Gasteiger partial charge in [0.1, 0.15) is 5.82 Å². The van der Waals surface area contributed by atoms with Crippen molar-refractivity contribution in [2.24, 2.45) is 0 Å². The molecule has 1 aromatic carbocycles. The Balaban J connectivity index is 0.000000289. The maximum absolute atomic E-state index is 10.0. The fraction of sp³-hybridized carbons (Fsp3) is 0. The van der Waals surface area contributed by atoms with Crippen molar-refractivity contribution >= 4 is 11.5 Å². The van der Waals surface area contributed by atoms with Gasteiger partial charge in [-0.25, -0.2) is 4.98 Å². The number of aromatic nitrogens is 1. The summed E-state index contributed by atoms with van der Waals surface area (Å²) in [5.74, 6) is 0.572. The van der Waals surface area contributed by atoms with Crippen LogP contribution in [0.4, 0.5) is 11.5 Å². The van der Waals surface area contributed by atoms with Crippen molar-refractivity contribution in [3.8, 4) is 0 Å². The minimum absolute atomic E-state index is 0.137. The van der Waals surface area contributed by atoms with E-state index in [0.29, 0.717) is 5.82 Å². The number of nitrogens with two attached hydrogens (primary N) is 1. The van der Waals surface area contributed by atoms with Gasteiger partial charge in [-0.1, -0.05) is 24.3 Å². The molecular formula is C11H11N5O2. The normalized spacial score (nSPS) is 7.89. The second-order valence-electron chi connectivity index (χ2n) is 2.85. The van der Waals surface area contributed by atoms with Crippen LogP contribution in [0, 0.1) is 20.9 Å². The van der Waals surface area contributed by atoms with Crippen molar-refractivity contribution < 1.29 is 4.92 Å². The number of hydrogen-bond donors (Lipinski definition) is 1. The molecule has 0 spiro atoms. The summed E-state index contributed by atoms with van der Waals surface area (Å²) in [6.07, 6.45) is 1.66. The van der Waals surface area contributed by atoms with Gasteiger partial charge >= 0.3 is 0 Å². The monoisotopic (exact) mass is 245 g/mol. The molecule has 0 atom stereocenters. The van der Waals surface area contributed by atoms with Crippen molar-refractivity contribution in [1.82, 2.24) is 4.98 Å². The molecule has 0 radical (unpaired) electrons. The lowest BCUT2D eigenvalue weighted by molar-refractivity contribution is -0.384. The largest absolute Gasteiger partial charge is 0.384 e. The first-order valence-corrected chi connectivity index (χ1v) is 4.76. The van der Waals surface area contributed by atoms with Crippen molar-refractivity contribution in [2.45, 2.75) is 0 Å². The Morgan fingerprint density at radius 1 is 1.06 bits per heavy atom. The van der Waals surface area contributed by atoms with Gasteiger partial charge in [0.15, 0.2) is 0 Å². The number of anilines is 1. The summed E-state index contributed by atoms with van der Waals surface area (Å²) < 4.78 is 0. The van der Waals surface area contributed by atoms with Gasteiger partial charge in [-0.15, -0.1) is 0 Å². The van der Waals surface area contributed by atoms with Crippen LogP contribution in [0.15, 0.2) is 54.7 Å². The second kappa shape index (κ2) is 9.23. The lowest BCUT2D eigenvalue weighted by Gasteiger charge is -1.85. The van der Waals surface area contributed by atoms with Crippen LogP contribution < -0.4 is 5.73 Å². The summed E-state index contributed by atoms with van der Waals surface area (Å²) in [7, 11) is 0. The predicted molar refractivity (Wildman–Crippen MR) is 65.2 cm³/mol. The molecule has 1 heterocycles. The van der Waals surface area contributed by atoms with Crippen molar-refractivity contribution in [2.75, 3.05) is 5.73 Å². The number of nitrogens with zero attached hydrogens (tertiary/aromatic N) is 4. The van der Waals surface area contributed by atoms with E-state index < -0.39 is 4.92 Å². The van der Waals surface area contributed by atoms with Crippen molar-refractivity contribution in [3.63, 3.8) is 0 Å². The van der Waals surface area contributed by atoms with Gasteiger partial charge in [-0.3, -0.25) is 10.1 Å². The highest BCUT2D eigenvalue weighted by atomic mass is 16.6. The number of nitro benzene ring substituents is 1. The summed E-state index contributed by atoms with van der Waals surface area (Å²) in [4.78, 5) is 13.3. The number of benzene rings is 1. The van der Waals surface area contributed by atoms with Crippen LogP contribution >= 0.6 is 0 Å². The Morgan fingerprint density at radius 3 is 1.89 bits per heavy atom. The molecule has 7 nitrogen and oxygen atoms in total. The topological polar surface area (TPSA) is 130 Å². The number of pyridine rings is 1. The third-order valence-corrected chi connectivity index (χ3v) is 1.65. The summed E-state index contributed by atoms with van der Waals surface area (Å²) in [6, 6.07) is 13.4. The molecule has 0 fully saturated rings. The first kappa shape index (κ1) is 15.0. The SMILES string of the molecule is N#N.Nc1ccccn1.O=[N+]([O-])c1ccccc1. The fourth-order valence-electron chi connectivity index (χ4n) is 0.926. The van der Waals surface area contributed by atoms with E-state index in [2.05, 4.69) is 4.98 Å². The molecule has 2 rings (SSSR count). The highest BCUT2D eigenvalue weighted by Crippen LogP contribution is 2.06. The maximum atomic E-state index is 10.0. The zero-order valence-electron chi connectivity index (χ0n) is 9.38. The van der Waals surface area contributed by atoms with Crippen LogP contribution in [0.5, 0.6) is 0 Å². The molecule has 2 aromatic rings. The molecule has 92 valence electrons. The standard InChI is InChI=1S/C6H5NO2.C5H6N2.N2/c8-7(9)6-4-2-1-3-5-6;6-5-3-1-2-4-7-5;1-2/h1-5H;1-4H,(H2,6,7);. The molecule has 0 bridgehead atoms. The minimum Gasteiger partial charge on any atom is -0.384 e. The minimum atomic E-state index is -0.417. The van der Waals surface area contributed by atoms with E-state index in [1.54, 1.807) is 30.5 Å². The van der Waals surface area contributed by atoms with Crippen LogP contribution in [-0.4, -0.2) is 9.91 Å². The van der Waals surface area contributed by atoms with Gasteiger partial charge < -0.3 is 5.73 Å². The van der Waals surface area contributed by atoms with Gasteiger partial charge in [0.05, 0.1) is 4.92 Å². The van der Waals surface area contributed by atoms with Crippen molar-refractivity contribution in [1.29, 1.82) is 10.8 Å². The van der Waals surface area contributed by atoms with E-state index in [1.807, 2.05) is 12.1 Å². The molecule has 0 amide bonds. The molecule has 0 unspecified atom stereocenters. The van der Waals surface area contributed by atoms with E-state index in [9.17, 15) is 10.1 Å². The molecule has 0 aliphatic rings. The summed E-state index contributed by atoms with van der Waals surface area (Å²) in [5.41, 5.74) is 5.38. The Morgan fingerprint density at radius 2 is 1.61 bits per heavy atom. The number of hydrogen-bond acceptors (Lipinski definition) is 6. The van der Waals surface area contributed by atoms with E-state index in [1.165, 1.54) is 12.1 Å². The zero-order chi connectivity index (χ0) is 13.8. The molecule has 7 heteroatoms. The Hall–Kier alpha value is -3.01. The van der Waals surface area contributed by atoms with Crippen LogP contribution in [0.1, 0.15) is 0 Å². The van der Waals surface area contributed by atoms with Gasteiger partial charge in [0.25, 0.3) is 5.69 Å². The number of non-ortho nitro benzene ring substituents is 1. The number of nitro groups is 1. The van der Waals surface area contributed by atoms with Crippen LogP contribution in [-0.2, 0) is 0 Å². The highest BCUT2D eigenvalue weighted by molar-refractivity contribution is 5.28. The summed E-state index contributed by atoms with van der Waals surface area (Å²) >= 11 is 0. The average Bonchev–Trinajstić information content (AvgIpc) is 2.43. The van der Waals surface area contributed by atoms with Gasteiger partial charge in [-0.05, 0) is 12.1 Å². The highest BCUT2D eigenvalue weighted by Gasteiger charge is 1.98. The smallest absolute Gasteiger partial charge is 0.269 e. The molecule has 18 heavy (non-hydrogen) atoms. The molecule has 1 aromatic heterocycles. The van der Waals surface area contributed by atoms with Gasteiger partial charge in [0, 0.05) is 29.1 Å². The molecule has 0 aliphatic carbocycles. The van der Waals surface area contributed by atoms with Crippen LogP contribution in [0.2, 0.25) is 0 Å². The molecule has 0 saturated carbocycles. The number of rotatable bonds is 1. The Bertz CT molecular complexity index is 473. The first-order valence-electron chi connectivity index (χ1n) is 4.76. The van der Waals surface area contributed by atoms with E-state index in [0.717, 1.165) is 0 Å². The lowest BCUT2D eigenvalue weighted by atomic mass is 10.3. The third kappa shape index (κ3) is 6.47. The zero-order valence-corrected chi connectivity index (χ0v) is 9.38. The third-order valence-electron chi connectivity index (χ3n) is 1.65. The maximum Gasteiger partial charge on any atom is 0.269 e. The van der Waals surface area contributed by atoms with Gasteiger partial charge in [-0.2, -0.15) is 0 Å². The fourth-order valence-corrected chi connectivity index (χ4v) is 0.926. The van der Waals surface area contributed by atoms with E-state index >= 15 is 0 Å². The first-order chi connectivity index (χ1) is 8.70. The van der Waals surface area contributed by atoms with E-state index in [-0.39, 0.29) is 5.69 Å². The molecule has 0 aliphatic heterocycles. The molecule has 2 N–H and O–H groups in total. The predicted octanol–water partition coefficient (Wildman–Crippen LogP) is 2.29. The number of nitrogen functional groups attached to an aromatic ring is 1. The second-order valence-corrected chi connectivity index (χ2v) is 2.85. The summed E-state index contributed by atoms with van der Waals surface area (Å²) in [6.45, 7) is 0. The Kier molecular flexibility index (Phi) is 7.69.